The summed E-state index contributed by atoms with van der Waals surface area (Å²) in [4.78, 5) is 10.3. The number of hydrogen-bond acceptors (Lipinski definition) is 2. The van der Waals surface area contributed by atoms with Crippen molar-refractivity contribution in [2.45, 2.75) is 13.8 Å². The number of rotatable bonds is 4. The number of carbonyl (C=O) groups is 1. The highest BCUT2D eigenvalue weighted by Gasteiger charge is 1.81. The van der Waals surface area contributed by atoms with Gasteiger partial charge in [-0.15, -0.1) is 0 Å². The van der Waals surface area contributed by atoms with Crippen molar-refractivity contribution in [2.24, 2.45) is 0 Å². The van der Waals surface area contributed by atoms with Crippen LogP contribution in [0.4, 0.5) is 0 Å². The van der Waals surface area contributed by atoms with Gasteiger partial charge in [-0.3, -0.25) is 4.79 Å². The maximum absolute atomic E-state index is 10.3. The predicted octanol–water partition coefficient (Wildman–Crippen LogP) is 1.25. The molecule has 10 heavy (non-hydrogen) atoms. The Hall–Kier alpha value is -1.05. The third kappa shape index (κ3) is 6.95. The summed E-state index contributed by atoms with van der Waals surface area (Å²) in [6, 6.07) is 0. The normalized spacial score (nSPS) is 9.80. The smallest absolute Gasteiger partial charge is 0.154 e. The summed E-state index contributed by atoms with van der Waals surface area (Å²) in [5, 5.41) is 2.92. The zero-order chi connectivity index (χ0) is 7.98. The van der Waals surface area contributed by atoms with Crippen molar-refractivity contribution in [1.29, 1.82) is 0 Å². The summed E-state index contributed by atoms with van der Waals surface area (Å²) in [6.45, 7) is 7.85. The predicted molar refractivity (Wildman–Crippen MR) is 42.6 cm³/mol. The lowest BCUT2D eigenvalue weighted by atomic mass is 10.3. The molecule has 0 unspecified atom stereocenters. The molecule has 0 bridgehead atoms. The van der Waals surface area contributed by atoms with E-state index in [2.05, 4.69) is 11.9 Å². The molecule has 0 aliphatic rings. The highest BCUT2D eigenvalue weighted by molar-refractivity contribution is 5.87. The van der Waals surface area contributed by atoms with Crippen LogP contribution >= 0.6 is 0 Å². The van der Waals surface area contributed by atoms with Gasteiger partial charge in [0.1, 0.15) is 0 Å². The Morgan fingerprint density at radius 3 is 2.60 bits per heavy atom. The first kappa shape index (κ1) is 8.95. The van der Waals surface area contributed by atoms with Gasteiger partial charge in [-0.2, -0.15) is 0 Å². The zero-order valence-electron chi connectivity index (χ0n) is 6.48. The molecule has 0 aromatic heterocycles. The number of nitrogens with one attached hydrogen (secondary N) is 1. The van der Waals surface area contributed by atoms with E-state index in [1.807, 2.05) is 6.92 Å². The molecule has 0 aromatic rings. The van der Waals surface area contributed by atoms with Crippen LogP contribution in [0.5, 0.6) is 0 Å². The fourth-order valence-corrected chi connectivity index (χ4v) is 0.409. The van der Waals surface area contributed by atoms with Crippen LogP contribution in [0, 0.1) is 0 Å². The minimum absolute atomic E-state index is 0.0502. The molecule has 0 spiro atoms. The molecule has 0 saturated carbocycles. The lowest BCUT2D eigenvalue weighted by Gasteiger charge is -1.96. The van der Waals surface area contributed by atoms with Gasteiger partial charge in [-0.25, -0.2) is 0 Å². The molecule has 0 radical (unpaired) electrons. The molecule has 0 aliphatic carbocycles. The summed E-state index contributed by atoms with van der Waals surface area (Å²) in [5.74, 6) is 0.0502. The second kappa shape index (κ2) is 4.79. The Balaban J connectivity index is 3.36. The standard InChI is InChI=1S/C8H13NO/c1-7(2)6-9-5-4-8(3)10/h4-5,9H,1,6H2,2-3H3/b5-4+. The fourth-order valence-electron chi connectivity index (χ4n) is 0.409. The van der Waals surface area contributed by atoms with Gasteiger partial charge >= 0.3 is 0 Å². The third-order valence-corrected chi connectivity index (χ3v) is 0.840. The van der Waals surface area contributed by atoms with E-state index in [1.165, 1.54) is 13.0 Å². The van der Waals surface area contributed by atoms with E-state index in [0.29, 0.717) is 0 Å². The molecule has 0 fully saturated rings. The summed E-state index contributed by atoms with van der Waals surface area (Å²) < 4.78 is 0. The summed E-state index contributed by atoms with van der Waals surface area (Å²) in [5.41, 5.74) is 1.05. The molecule has 0 heterocycles. The van der Waals surface area contributed by atoms with Crippen LogP contribution in [0.25, 0.3) is 0 Å². The number of allylic oxidation sites excluding steroid dienone is 1. The van der Waals surface area contributed by atoms with Crippen molar-refractivity contribution in [3.8, 4) is 0 Å². The van der Waals surface area contributed by atoms with E-state index >= 15 is 0 Å². The average molecular weight is 139 g/mol. The van der Waals surface area contributed by atoms with Crippen LogP contribution in [0.2, 0.25) is 0 Å². The second-order valence-electron chi connectivity index (χ2n) is 2.28. The van der Waals surface area contributed by atoms with Crippen LogP contribution in [0.3, 0.4) is 0 Å². The number of hydrogen-bond donors (Lipinski definition) is 1. The summed E-state index contributed by atoms with van der Waals surface area (Å²) >= 11 is 0. The monoisotopic (exact) mass is 139 g/mol. The maximum atomic E-state index is 10.3. The van der Waals surface area contributed by atoms with Crippen molar-refractivity contribution in [3.63, 3.8) is 0 Å². The first-order valence-electron chi connectivity index (χ1n) is 3.18. The molecule has 0 rings (SSSR count). The van der Waals surface area contributed by atoms with E-state index < -0.39 is 0 Å². The average Bonchev–Trinajstić information content (AvgIpc) is 1.79. The van der Waals surface area contributed by atoms with Crippen molar-refractivity contribution in [1.82, 2.24) is 5.32 Å². The minimum Gasteiger partial charge on any atom is -0.387 e. The van der Waals surface area contributed by atoms with Gasteiger partial charge in [0.2, 0.25) is 0 Å². The van der Waals surface area contributed by atoms with E-state index in [9.17, 15) is 4.79 Å². The van der Waals surface area contributed by atoms with Crippen molar-refractivity contribution in [2.75, 3.05) is 6.54 Å². The molecule has 56 valence electrons. The van der Waals surface area contributed by atoms with Gasteiger partial charge in [0.15, 0.2) is 5.78 Å². The molecule has 2 heteroatoms. The molecule has 1 N–H and O–H groups in total. The van der Waals surface area contributed by atoms with Gasteiger partial charge in [0.25, 0.3) is 0 Å². The molecule has 0 saturated heterocycles. The van der Waals surface area contributed by atoms with Crippen LogP contribution in [0.1, 0.15) is 13.8 Å². The maximum Gasteiger partial charge on any atom is 0.154 e. The van der Waals surface area contributed by atoms with Crippen LogP contribution in [-0.4, -0.2) is 12.3 Å². The van der Waals surface area contributed by atoms with Gasteiger partial charge < -0.3 is 5.32 Å². The molecule has 0 atom stereocenters. The topological polar surface area (TPSA) is 29.1 Å². The summed E-state index contributed by atoms with van der Waals surface area (Å²) in [6.07, 6.45) is 3.12. The lowest BCUT2D eigenvalue weighted by molar-refractivity contribution is -0.112. The Kier molecular flexibility index (Phi) is 4.29. The third-order valence-electron chi connectivity index (χ3n) is 0.840. The van der Waals surface area contributed by atoms with Gasteiger partial charge in [0.05, 0.1) is 0 Å². The molecule has 0 aliphatic heterocycles. The highest BCUT2D eigenvalue weighted by atomic mass is 16.1. The minimum atomic E-state index is 0.0502. The Morgan fingerprint density at radius 2 is 2.20 bits per heavy atom. The van der Waals surface area contributed by atoms with Crippen LogP contribution < -0.4 is 5.32 Å². The first-order chi connectivity index (χ1) is 4.63. The first-order valence-corrected chi connectivity index (χ1v) is 3.18. The van der Waals surface area contributed by atoms with Gasteiger partial charge in [-0.1, -0.05) is 12.2 Å². The largest absolute Gasteiger partial charge is 0.387 e. The van der Waals surface area contributed by atoms with E-state index in [0.717, 1.165) is 12.1 Å². The molecule has 2 nitrogen and oxygen atoms in total. The highest BCUT2D eigenvalue weighted by Crippen LogP contribution is 1.81. The fraction of sp³-hybridized carbons (Fsp3) is 0.375. The number of carbonyl (C=O) groups excluding carboxylic acids is 1. The molecule has 0 amide bonds. The van der Waals surface area contributed by atoms with E-state index in [-0.39, 0.29) is 5.78 Å². The van der Waals surface area contributed by atoms with Crippen molar-refractivity contribution >= 4 is 5.78 Å². The SMILES string of the molecule is C=C(C)CN/C=C/C(C)=O. The quantitative estimate of drug-likeness (QED) is 0.469. The molecular formula is C8H13NO. The van der Waals surface area contributed by atoms with Crippen LogP contribution in [-0.2, 0) is 4.79 Å². The molecule has 0 aromatic carbocycles. The van der Waals surface area contributed by atoms with Crippen molar-refractivity contribution in [3.05, 3.63) is 24.4 Å². The van der Waals surface area contributed by atoms with Crippen LogP contribution in [0.15, 0.2) is 24.4 Å². The summed E-state index contributed by atoms with van der Waals surface area (Å²) in [7, 11) is 0. The Labute approximate surface area is 61.6 Å². The second-order valence-corrected chi connectivity index (χ2v) is 2.28. The van der Waals surface area contributed by atoms with Gasteiger partial charge in [0, 0.05) is 12.7 Å². The molecular weight excluding hydrogens is 126 g/mol. The van der Waals surface area contributed by atoms with E-state index in [4.69, 9.17) is 0 Å². The lowest BCUT2D eigenvalue weighted by Crippen LogP contribution is -2.07. The number of ketones is 1. The van der Waals surface area contributed by atoms with Gasteiger partial charge in [-0.05, 0) is 19.9 Å². The van der Waals surface area contributed by atoms with Crippen molar-refractivity contribution < 1.29 is 4.79 Å². The Morgan fingerprint density at radius 1 is 1.60 bits per heavy atom. The van der Waals surface area contributed by atoms with E-state index in [1.54, 1.807) is 6.20 Å². The zero-order valence-corrected chi connectivity index (χ0v) is 6.48. The Bertz CT molecular complexity index is 159.